The number of carbonyl (C=O) groups excluding carboxylic acids is 2. The van der Waals surface area contributed by atoms with E-state index in [0.717, 1.165) is 5.56 Å². The van der Waals surface area contributed by atoms with Crippen molar-refractivity contribution in [3.63, 3.8) is 0 Å². The zero-order chi connectivity index (χ0) is 19.7. The van der Waals surface area contributed by atoms with E-state index in [1.54, 1.807) is 0 Å². The largest absolute Gasteiger partial charge is 0.468 e. The molecule has 1 rings (SSSR count). The predicted octanol–water partition coefficient (Wildman–Crippen LogP) is 2.91. The summed E-state index contributed by atoms with van der Waals surface area (Å²) in [5.74, 6) is -0.154. The first-order chi connectivity index (χ1) is 12.1. The average Bonchev–Trinajstić information content (AvgIpc) is 2.55. The Morgan fingerprint density at radius 2 is 1.73 bits per heavy atom. The van der Waals surface area contributed by atoms with Gasteiger partial charge in [0.25, 0.3) is 0 Å². The van der Waals surface area contributed by atoms with E-state index in [1.165, 1.54) is 7.11 Å². The lowest BCUT2D eigenvalue weighted by Gasteiger charge is -2.27. The van der Waals surface area contributed by atoms with Gasteiger partial charge in [0.15, 0.2) is 0 Å². The molecule has 0 saturated heterocycles. The lowest BCUT2D eigenvalue weighted by molar-refractivity contribution is -0.143. The van der Waals surface area contributed by atoms with Gasteiger partial charge in [0.2, 0.25) is 0 Å². The van der Waals surface area contributed by atoms with Crippen molar-refractivity contribution < 1.29 is 19.1 Å². The maximum absolute atomic E-state index is 12.1. The van der Waals surface area contributed by atoms with Crippen LogP contribution in [0.5, 0.6) is 0 Å². The molecule has 0 aliphatic heterocycles. The predicted molar refractivity (Wildman–Crippen MR) is 102 cm³/mol. The molecule has 1 aromatic rings. The Hall–Kier alpha value is -2.08. The molecule has 2 N–H and O–H groups in total. The van der Waals surface area contributed by atoms with Crippen molar-refractivity contribution in [2.45, 2.75) is 58.7 Å². The Balaban J connectivity index is 2.70. The molecule has 0 aliphatic rings. The van der Waals surface area contributed by atoms with Gasteiger partial charge in [-0.2, -0.15) is 0 Å². The third-order valence-electron chi connectivity index (χ3n) is 3.86. The van der Waals surface area contributed by atoms with Crippen molar-refractivity contribution in [1.29, 1.82) is 0 Å². The highest BCUT2D eigenvalue weighted by Crippen LogP contribution is 2.09. The van der Waals surface area contributed by atoms with Crippen molar-refractivity contribution in [1.82, 2.24) is 10.6 Å². The highest BCUT2D eigenvalue weighted by Gasteiger charge is 2.25. The summed E-state index contributed by atoms with van der Waals surface area (Å²) < 4.78 is 10.2. The molecule has 0 aliphatic carbocycles. The number of alkyl carbamates (subject to hydrolysis) is 1. The van der Waals surface area contributed by atoms with E-state index in [2.05, 4.69) is 10.6 Å². The van der Waals surface area contributed by atoms with E-state index < -0.39 is 17.7 Å². The molecule has 0 saturated carbocycles. The van der Waals surface area contributed by atoms with Crippen LogP contribution in [0, 0.1) is 5.92 Å². The Kier molecular flexibility index (Phi) is 8.58. The second-order valence-electron chi connectivity index (χ2n) is 7.67. The Bertz CT molecular complexity index is 567. The number of hydrogen-bond acceptors (Lipinski definition) is 5. The number of benzene rings is 1. The van der Waals surface area contributed by atoms with Crippen LogP contribution in [-0.4, -0.2) is 43.4 Å². The van der Waals surface area contributed by atoms with Gasteiger partial charge in [-0.25, -0.2) is 4.79 Å². The summed E-state index contributed by atoms with van der Waals surface area (Å²) in [6, 6.07) is 9.09. The van der Waals surface area contributed by atoms with E-state index in [4.69, 9.17) is 9.47 Å². The van der Waals surface area contributed by atoms with Gasteiger partial charge in [-0.15, -0.1) is 0 Å². The van der Waals surface area contributed by atoms with Gasteiger partial charge in [0.1, 0.15) is 11.6 Å². The number of amides is 1. The normalized spacial score (nSPS) is 13.8. The van der Waals surface area contributed by atoms with Gasteiger partial charge in [0.05, 0.1) is 7.11 Å². The van der Waals surface area contributed by atoms with Gasteiger partial charge in [0, 0.05) is 12.6 Å². The van der Waals surface area contributed by atoms with Crippen LogP contribution < -0.4 is 10.6 Å². The third-order valence-corrected chi connectivity index (χ3v) is 3.86. The quantitative estimate of drug-likeness (QED) is 0.694. The first-order valence-electron chi connectivity index (χ1n) is 8.97. The van der Waals surface area contributed by atoms with Crippen molar-refractivity contribution in [3.05, 3.63) is 35.9 Å². The maximum Gasteiger partial charge on any atom is 0.407 e. The fourth-order valence-electron chi connectivity index (χ4n) is 2.41. The second kappa shape index (κ2) is 10.2. The van der Waals surface area contributed by atoms with Crippen molar-refractivity contribution in [2.75, 3.05) is 13.7 Å². The molecule has 146 valence electrons. The van der Waals surface area contributed by atoms with Crippen molar-refractivity contribution in [2.24, 2.45) is 5.92 Å². The smallest absolute Gasteiger partial charge is 0.407 e. The highest BCUT2D eigenvalue weighted by molar-refractivity contribution is 5.76. The molecule has 0 fully saturated rings. The molecule has 1 aromatic carbocycles. The molecule has 1 amide bonds. The molecule has 6 nitrogen and oxygen atoms in total. The van der Waals surface area contributed by atoms with Gasteiger partial charge < -0.3 is 20.1 Å². The molecule has 0 heterocycles. The first-order valence-corrected chi connectivity index (χ1v) is 8.97. The zero-order valence-corrected chi connectivity index (χ0v) is 16.7. The second-order valence-corrected chi connectivity index (χ2v) is 7.67. The molecule has 0 spiro atoms. The Labute approximate surface area is 156 Å². The molecule has 0 aromatic heterocycles. The number of methoxy groups -OCH3 is 1. The van der Waals surface area contributed by atoms with Gasteiger partial charge >= 0.3 is 12.1 Å². The topological polar surface area (TPSA) is 76.7 Å². The van der Waals surface area contributed by atoms with Crippen LogP contribution in [0.2, 0.25) is 0 Å². The number of carbonyl (C=O) groups is 2. The molecule has 6 heteroatoms. The van der Waals surface area contributed by atoms with Gasteiger partial charge in [-0.1, -0.05) is 44.2 Å². The molecule has 2 atom stereocenters. The van der Waals surface area contributed by atoms with E-state index in [-0.39, 0.29) is 17.9 Å². The Morgan fingerprint density at radius 3 is 2.23 bits per heavy atom. The standard InChI is InChI=1S/C20H32N2O4/c1-14(2)17(22-19(24)26-20(3,4)5)13-21-16(18(23)25-6)12-15-10-8-7-9-11-15/h7-11,14,16-17,21H,12-13H2,1-6H3,(H,22,24)/t16-,17+/m0/s1. The summed E-state index contributed by atoms with van der Waals surface area (Å²) in [7, 11) is 1.38. The average molecular weight is 364 g/mol. The van der Waals surface area contributed by atoms with Gasteiger partial charge in [-0.05, 0) is 38.7 Å². The molecule has 26 heavy (non-hydrogen) atoms. The molecule has 0 unspecified atom stereocenters. The summed E-state index contributed by atoms with van der Waals surface area (Å²) in [5.41, 5.74) is 0.484. The van der Waals surface area contributed by atoms with Crippen molar-refractivity contribution in [3.8, 4) is 0 Å². The first kappa shape index (κ1) is 22.0. The summed E-state index contributed by atoms with van der Waals surface area (Å²) in [4.78, 5) is 24.2. The zero-order valence-electron chi connectivity index (χ0n) is 16.7. The van der Waals surface area contributed by atoms with Crippen LogP contribution in [-0.2, 0) is 20.7 Å². The molecule has 0 bridgehead atoms. The van der Waals surface area contributed by atoms with Crippen LogP contribution in [0.25, 0.3) is 0 Å². The minimum absolute atomic E-state index is 0.171. The Morgan fingerprint density at radius 1 is 1.12 bits per heavy atom. The van der Waals surface area contributed by atoms with E-state index in [1.807, 2.05) is 65.0 Å². The lowest BCUT2D eigenvalue weighted by Crippen LogP contribution is -2.51. The minimum Gasteiger partial charge on any atom is -0.468 e. The fourth-order valence-corrected chi connectivity index (χ4v) is 2.41. The number of hydrogen-bond donors (Lipinski definition) is 2. The third kappa shape index (κ3) is 8.34. The molecular weight excluding hydrogens is 332 g/mol. The number of ether oxygens (including phenoxy) is 2. The summed E-state index contributed by atoms with van der Waals surface area (Å²) >= 11 is 0. The van der Waals surface area contributed by atoms with Crippen LogP contribution in [0.4, 0.5) is 4.79 Å². The molecular formula is C20H32N2O4. The van der Waals surface area contributed by atoms with Crippen LogP contribution in [0.15, 0.2) is 30.3 Å². The fraction of sp³-hybridized carbons (Fsp3) is 0.600. The van der Waals surface area contributed by atoms with E-state index in [0.29, 0.717) is 13.0 Å². The van der Waals surface area contributed by atoms with E-state index >= 15 is 0 Å². The molecule has 0 radical (unpaired) electrons. The highest BCUT2D eigenvalue weighted by atomic mass is 16.6. The monoisotopic (exact) mass is 364 g/mol. The lowest BCUT2D eigenvalue weighted by atomic mass is 10.0. The van der Waals surface area contributed by atoms with Crippen LogP contribution >= 0.6 is 0 Å². The number of nitrogens with one attached hydrogen (secondary N) is 2. The number of rotatable bonds is 8. The van der Waals surface area contributed by atoms with Gasteiger partial charge in [-0.3, -0.25) is 4.79 Å². The summed E-state index contributed by atoms with van der Waals surface area (Å²) in [5, 5.41) is 6.10. The van der Waals surface area contributed by atoms with Crippen molar-refractivity contribution >= 4 is 12.1 Å². The minimum atomic E-state index is -0.555. The summed E-state index contributed by atoms with van der Waals surface area (Å²) in [6.45, 7) is 9.92. The van der Waals surface area contributed by atoms with Crippen LogP contribution in [0.1, 0.15) is 40.2 Å². The van der Waals surface area contributed by atoms with Crippen LogP contribution in [0.3, 0.4) is 0 Å². The summed E-state index contributed by atoms with van der Waals surface area (Å²) in [6.07, 6.45) is 0.0563. The maximum atomic E-state index is 12.1. The van der Waals surface area contributed by atoms with E-state index in [9.17, 15) is 9.59 Å². The number of esters is 1. The SMILES string of the molecule is COC(=O)[C@H](Cc1ccccc1)NC[C@@H](NC(=O)OC(C)(C)C)C(C)C.